The first-order chi connectivity index (χ1) is 23.7. The Morgan fingerprint density at radius 2 is 1.90 bits per heavy atom. The number of hydrogen-bond acceptors (Lipinski definition) is 8. The Morgan fingerprint density at radius 1 is 1.06 bits per heavy atom. The molecule has 2 N–H and O–H groups in total. The molecule has 2 fully saturated rings. The van der Waals surface area contributed by atoms with E-state index in [4.69, 9.17) is 25.8 Å². The second kappa shape index (κ2) is 16.2. The number of anilines is 1. The quantitative estimate of drug-likeness (QED) is 0.423. The average Bonchev–Trinajstić information content (AvgIpc) is 3.11. The third-order valence-corrected chi connectivity index (χ3v) is 11.0. The van der Waals surface area contributed by atoms with Gasteiger partial charge in [0.2, 0.25) is 5.91 Å². The van der Waals surface area contributed by atoms with E-state index in [-0.39, 0.29) is 11.7 Å². The molecule has 11 heteroatoms. The molecule has 3 heterocycles. The van der Waals surface area contributed by atoms with Crippen LogP contribution in [0.3, 0.4) is 0 Å². The van der Waals surface area contributed by atoms with Crippen LogP contribution < -0.4 is 9.64 Å². The maximum Gasteiger partial charge on any atom is 0.340 e. The van der Waals surface area contributed by atoms with Gasteiger partial charge in [0, 0.05) is 51.3 Å². The molecule has 4 aliphatic rings. The summed E-state index contributed by atoms with van der Waals surface area (Å²) in [6, 6.07) is 10.9. The molecule has 266 valence electrons. The monoisotopic (exact) mass is 695 g/mol. The zero-order valence-corrected chi connectivity index (χ0v) is 29.3. The number of ether oxygens (including phenoxy) is 3. The Hall–Kier alpha value is -3.15. The van der Waals surface area contributed by atoms with E-state index in [1.807, 2.05) is 18.2 Å². The fourth-order valence-electron chi connectivity index (χ4n) is 7.48. The first kappa shape index (κ1) is 35.7. The van der Waals surface area contributed by atoms with Crippen LogP contribution in [0.5, 0.6) is 5.75 Å². The number of hydrogen-bond donors (Lipinski definition) is 2. The highest BCUT2D eigenvalue weighted by molar-refractivity contribution is 6.30. The van der Waals surface area contributed by atoms with Gasteiger partial charge in [0.1, 0.15) is 12.4 Å². The standard InChI is InChI=1S/C38H50ClN3O7/c1-40-14-4-3-7-34(48-21-18-41-16-19-47-20-17-41)32-12-9-28(32)25-42-15-5-2-6-27-22-31(39)11-8-29(27)26-49-35-13-10-30(23-33(35)42)38(46,37(44)45)24-36(40)43/h3,7-8,10-11,13,22-23,28,32,34,46H,2,4-6,9,12,14-21,24-26H2,1H3,(H,44,45)/b7-3+/t28-,32+,34-,38+/m0/s1. The average molecular weight is 696 g/mol. The fourth-order valence-corrected chi connectivity index (χ4v) is 7.67. The van der Waals surface area contributed by atoms with Crippen molar-refractivity contribution in [1.29, 1.82) is 0 Å². The second-order valence-corrected chi connectivity index (χ2v) is 14.4. The van der Waals surface area contributed by atoms with E-state index in [0.717, 1.165) is 94.9 Å². The Balaban J connectivity index is 1.33. The second-order valence-electron chi connectivity index (χ2n) is 14.0. The van der Waals surface area contributed by atoms with Crippen molar-refractivity contribution in [3.63, 3.8) is 0 Å². The summed E-state index contributed by atoms with van der Waals surface area (Å²) in [6.07, 6.45) is 9.07. The van der Waals surface area contributed by atoms with Gasteiger partial charge in [-0.15, -0.1) is 0 Å². The summed E-state index contributed by atoms with van der Waals surface area (Å²) in [5.74, 6) is -0.616. The van der Waals surface area contributed by atoms with Gasteiger partial charge in [-0.1, -0.05) is 35.9 Å². The molecule has 2 aromatic rings. The molecular weight excluding hydrogens is 646 g/mol. The van der Waals surface area contributed by atoms with Crippen LogP contribution in [-0.4, -0.2) is 104 Å². The first-order valence-corrected chi connectivity index (χ1v) is 18.2. The number of carbonyl (C=O) groups excluding carboxylic acids is 1. The van der Waals surface area contributed by atoms with Crippen molar-refractivity contribution >= 4 is 29.2 Å². The molecule has 49 heavy (non-hydrogen) atoms. The van der Waals surface area contributed by atoms with Crippen LogP contribution in [0.1, 0.15) is 55.2 Å². The number of amides is 1. The first-order valence-electron chi connectivity index (χ1n) is 17.8. The van der Waals surface area contributed by atoms with Crippen molar-refractivity contribution in [1.82, 2.24) is 9.80 Å². The van der Waals surface area contributed by atoms with Gasteiger partial charge < -0.3 is 34.2 Å². The summed E-state index contributed by atoms with van der Waals surface area (Å²) in [5, 5.41) is 22.7. The van der Waals surface area contributed by atoms with E-state index in [1.165, 1.54) is 4.90 Å². The van der Waals surface area contributed by atoms with Crippen LogP contribution in [0.15, 0.2) is 48.6 Å². The van der Waals surface area contributed by atoms with Gasteiger partial charge in [-0.3, -0.25) is 9.69 Å². The van der Waals surface area contributed by atoms with E-state index in [0.29, 0.717) is 48.8 Å². The van der Waals surface area contributed by atoms with Gasteiger partial charge in [0.25, 0.3) is 0 Å². The molecule has 3 aliphatic heterocycles. The maximum absolute atomic E-state index is 13.3. The van der Waals surface area contributed by atoms with Crippen molar-refractivity contribution in [3.8, 4) is 5.75 Å². The fraction of sp³-hybridized carbons (Fsp3) is 0.579. The lowest BCUT2D eigenvalue weighted by molar-refractivity contribution is -0.164. The molecule has 2 bridgehead atoms. The molecule has 0 aromatic heterocycles. The highest BCUT2D eigenvalue weighted by atomic mass is 35.5. The number of aliphatic hydroxyl groups is 1. The summed E-state index contributed by atoms with van der Waals surface area (Å²) in [6.45, 7) is 7.05. The number of carboxylic acids is 1. The highest BCUT2D eigenvalue weighted by Gasteiger charge is 2.43. The molecule has 6 rings (SSSR count). The number of morpholine rings is 1. The Bertz CT molecular complexity index is 1500. The smallest absolute Gasteiger partial charge is 0.340 e. The van der Waals surface area contributed by atoms with E-state index in [1.54, 1.807) is 25.2 Å². The molecule has 1 amide bonds. The van der Waals surface area contributed by atoms with Gasteiger partial charge >= 0.3 is 5.97 Å². The van der Waals surface area contributed by atoms with Crippen LogP contribution in [-0.2, 0) is 37.7 Å². The molecule has 1 saturated heterocycles. The third kappa shape index (κ3) is 8.60. The van der Waals surface area contributed by atoms with Crippen molar-refractivity contribution in [2.45, 2.75) is 63.3 Å². The van der Waals surface area contributed by atoms with Crippen LogP contribution >= 0.6 is 11.6 Å². The zero-order chi connectivity index (χ0) is 34.4. The highest BCUT2D eigenvalue weighted by Crippen LogP contribution is 2.43. The van der Waals surface area contributed by atoms with Gasteiger partial charge in [-0.05, 0) is 91.3 Å². The number of aliphatic carboxylic acids is 1. The van der Waals surface area contributed by atoms with Crippen molar-refractivity contribution < 1.29 is 34.0 Å². The van der Waals surface area contributed by atoms with Gasteiger partial charge in [0.05, 0.1) is 38.0 Å². The van der Waals surface area contributed by atoms with Gasteiger partial charge in [0.15, 0.2) is 5.60 Å². The van der Waals surface area contributed by atoms with Gasteiger partial charge in [-0.2, -0.15) is 0 Å². The molecule has 0 unspecified atom stereocenters. The molecule has 0 radical (unpaired) electrons. The lowest BCUT2D eigenvalue weighted by Crippen LogP contribution is -2.45. The minimum Gasteiger partial charge on any atom is -0.487 e. The van der Waals surface area contributed by atoms with Crippen molar-refractivity contribution in [3.05, 3.63) is 70.3 Å². The zero-order valence-electron chi connectivity index (χ0n) is 28.5. The Labute approximate surface area is 294 Å². The lowest BCUT2D eigenvalue weighted by atomic mass is 9.70. The molecule has 2 aromatic carbocycles. The van der Waals surface area contributed by atoms with E-state index < -0.39 is 23.9 Å². The van der Waals surface area contributed by atoms with Crippen molar-refractivity contribution in [2.75, 3.05) is 71.0 Å². The summed E-state index contributed by atoms with van der Waals surface area (Å²) in [4.78, 5) is 32.2. The number of fused-ring (bicyclic) bond motifs is 3. The van der Waals surface area contributed by atoms with Crippen LogP contribution in [0.2, 0.25) is 5.02 Å². The van der Waals surface area contributed by atoms with Crippen LogP contribution in [0.4, 0.5) is 5.69 Å². The van der Waals surface area contributed by atoms with E-state index >= 15 is 0 Å². The third-order valence-electron chi connectivity index (χ3n) is 10.8. The van der Waals surface area contributed by atoms with Crippen LogP contribution in [0, 0.1) is 11.8 Å². The van der Waals surface area contributed by atoms with Crippen molar-refractivity contribution in [2.24, 2.45) is 11.8 Å². The number of carboxylic acid groups (broad SMARTS) is 1. The molecule has 1 saturated carbocycles. The number of aryl methyl sites for hydroxylation is 1. The largest absolute Gasteiger partial charge is 0.487 e. The van der Waals surface area contributed by atoms with Crippen LogP contribution in [0.25, 0.3) is 0 Å². The minimum absolute atomic E-state index is 0.0453. The number of carbonyl (C=O) groups is 2. The topological polar surface area (TPSA) is 112 Å². The molecule has 4 atom stereocenters. The predicted octanol–water partition coefficient (Wildman–Crippen LogP) is 4.89. The summed E-state index contributed by atoms with van der Waals surface area (Å²) in [5.41, 5.74) is 0.717. The summed E-state index contributed by atoms with van der Waals surface area (Å²) in [7, 11) is 1.65. The molecular formula is C38H50ClN3O7. The minimum atomic E-state index is -2.40. The van der Waals surface area contributed by atoms with E-state index in [2.05, 4.69) is 22.0 Å². The Morgan fingerprint density at radius 3 is 2.67 bits per heavy atom. The molecule has 0 spiro atoms. The molecule has 10 nitrogen and oxygen atoms in total. The SMILES string of the molecule is CN1CC/C=C/[C@H](OCCN2CCOCC2)[C@@H]2CC[C@H]2CN2CCCCc3cc(Cl)ccc3COc3ccc(cc32)[C@@](O)(C(=O)O)CC1=O. The number of halogens is 1. The summed E-state index contributed by atoms with van der Waals surface area (Å²) >= 11 is 6.37. The number of rotatable bonds is 5. The van der Waals surface area contributed by atoms with Gasteiger partial charge in [-0.25, -0.2) is 4.79 Å². The summed E-state index contributed by atoms with van der Waals surface area (Å²) < 4.78 is 18.6. The van der Waals surface area contributed by atoms with E-state index in [9.17, 15) is 19.8 Å². The predicted molar refractivity (Wildman–Crippen MR) is 188 cm³/mol. The maximum atomic E-state index is 13.3. The normalized spacial score (nSPS) is 27.9. The Kier molecular flexibility index (Phi) is 11.8. The lowest BCUT2D eigenvalue weighted by Gasteiger charge is -2.44. The molecule has 1 aliphatic carbocycles. The number of benzene rings is 2. The number of nitrogens with zero attached hydrogens (tertiary/aromatic N) is 3.